The number of anilines is 1. The van der Waals surface area contributed by atoms with E-state index in [2.05, 4.69) is 45.2 Å². The van der Waals surface area contributed by atoms with Gasteiger partial charge in [-0.05, 0) is 75.8 Å². The number of fused-ring (bicyclic) bond motifs is 1. The van der Waals surface area contributed by atoms with Crippen LogP contribution in [0.1, 0.15) is 66.7 Å². The summed E-state index contributed by atoms with van der Waals surface area (Å²) in [6.07, 6.45) is 11.6. The first-order valence-corrected chi connectivity index (χ1v) is 12.8. The number of amides is 1. The van der Waals surface area contributed by atoms with Crippen LogP contribution in [-0.4, -0.2) is 22.9 Å². The molecule has 0 aliphatic heterocycles. The topological polar surface area (TPSA) is 58.6 Å². The fourth-order valence-electron chi connectivity index (χ4n) is 4.65. The maximum Gasteiger partial charge on any atom is 0.412 e. The van der Waals surface area contributed by atoms with Crippen LogP contribution in [0, 0.1) is 11.8 Å². The van der Waals surface area contributed by atoms with Gasteiger partial charge < -0.3 is 9.84 Å². The first kappa shape index (κ1) is 26.7. The molecule has 0 spiro atoms. The van der Waals surface area contributed by atoms with Crippen molar-refractivity contribution in [1.29, 1.82) is 0 Å². The van der Waals surface area contributed by atoms with E-state index in [9.17, 15) is 9.90 Å². The molecule has 0 aromatic heterocycles. The average molecular weight is 476 g/mol. The van der Waals surface area contributed by atoms with Gasteiger partial charge in [-0.1, -0.05) is 79.6 Å². The molecule has 1 aliphatic carbocycles. The van der Waals surface area contributed by atoms with E-state index >= 15 is 0 Å². The normalized spacial score (nSPS) is 28.3. The zero-order valence-electron chi connectivity index (χ0n) is 21.9. The number of aliphatic hydroxyl groups is 1. The maximum absolute atomic E-state index is 12.9. The van der Waals surface area contributed by atoms with Gasteiger partial charge >= 0.3 is 6.09 Å². The zero-order valence-corrected chi connectivity index (χ0v) is 21.9. The summed E-state index contributed by atoms with van der Waals surface area (Å²) < 4.78 is 5.87. The van der Waals surface area contributed by atoms with Crippen molar-refractivity contribution < 1.29 is 14.6 Å². The van der Waals surface area contributed by atoms with E-state index in [1.54, 1.807) is 6.92 Å². The summed E-state index contributed by atoms with van der Waals surface area (Å²) in [5.41, 5.74) is 2.17. The fraction of sp³-hybridized carbons (Fsp3) is 0.452. The molecule has 188 valence electrons. The molecule has 0 radical (unpaired) electrons. The second-order valence-electron chi connectivity index (χ2n) is 10.6. The second kappa shape index (κ2) is 12.2. The van der Waals surface area contributed by atoms with E-state index in [0.29, 0.717) is 23.9 Å². The number of carbonyl (C=O) groups is 1. The average Bonchev–Trinajstić information content (AvgIpc) is 2.78. The molecule has 0 saturated heterocycles. The molecule has 0 heterocycles. The Kier molecular flexibility index (Phi) is 9.33. The van der Waals surface area contributed by atoms with E-state index in [1.807, 2.05) is 54.6 Å². The molecule has 4 nitrogen and oxygen atoms in total. The Bertz CT molecular complexity index is 1090. The lowest BCUT2D eigenvalue weighted by Crippen LogP contribution is -2.31. The number of hydrogen-bond acceptors (Lipinski definition) is 3. The van der Waals surface area contributed by atoms with Gasteiger partial charge in [0, 0.05) is 11.8 Å². The molecular formula is C31H41NO3. The van der Waals surface area contributed by atoms with Crippen LogP contribution in [-0.2, 0) is 4.74 Å². The quantitative estimate of drug-likeness (QED) is 0.440. The number of hydrogen-bond donors (Lipinski definition) is 2. The van der Waals surface area contributed by atoms with Crippen molar-refractivity contribution in [1.82, 2.24) is 0 Å². The first-order chi connectivity index (χ1) is 16.6. The van der Waals surface area contributed by atoms with Crippen molar-refractivity contribution in [2.75, 3.05) is 5.32 Å². The largest absolute Gasteiger partial charge is 0.442 e. The molecule has 0 saturated carbocycles. The summed E-state index contributed by atoms with van der Waals surface area (Å²) in [4.78, 5) is 12.9. The summed E-state index contributed by atoms with van der Waals surface area (Å²) in [6.45, 7) is 10.5. The molecular weight excluding hydrogens is 434 g/mol. The predicted octanol–water partition coefficient (Wildman–Crippen LogP) is 8.19. The van der Waals surface area contributed by atoms with Crippen LogP contribution in [0.4, 0.5) is 10.5 Å². The number of nitrogens with one attached hydrogen (secondary N) is 1. The van der Waals surface area contributed by atoms with E-state index in [4.69, 9.17) is 4.74 Å². The first-order valence-electron chi connectivity index (χ1n) is 12.8. The van der Waals surface area contributed by atoms with Crippen molar-refractivity contribution in [2.45, 2.75) is 78.4 Å². The van der Waals surface area contributed by atoms with Gasteiger partial charge in [0.25, 0.3) is 0 Å². The lowest BCUT2D eigenvalue weighted by Gasteiger charge is -2.26. The molecule has 0 fully saturated rings. The van der Waals surface area contributed by atoms with Crippen LogP contribution in [0.15, 0.2) is 77.9 Å². The summed E-state index contributed by atoms with van der Waals surface area (Å²) in [7, 11) is 0. The zero-order chi connectivity index (χ0) is 25.4. The minimum atomic E-state index is -1.09. The molecule has 35 heavy (non-hydrogen) atoms. The third-order valence-corrected chi connectivity index (χ3v) is 6.83. The van der Waals surface area contributed by atoms with Gasteiger partial charge in [0.1, 0.15) is 6.10 Å². The van der Waals surface area contributed by atoms with Gasteiger partial charge in [-0.2, -0.15) is 0 Å². The summed E-state index contributed by atoms with van der Waals surface area (Å²) >= 11 is 0. The summed E-state index contributed by atoms with van der Waals surface area (Å²) in [5.74, 6) is 0.877. The number of rotatable bonds is 3. The van der Waals surface area contributed by atoms with Crippen molar-refractivity contribution >= 4 is 22.6 Å². The fourth-order valence-corrected chi connectivity index (χ4v) is 4.65. The monoisotopic (exact) mass is 475 g/mol. The van der Waals surface area contributed by atoms with Crippen LogP contribution < -0.4 is 5.32 Å². The number of benzene rings is 2. The number of ether oxygens (including phenoxy) is 1. The molecule has 2 N–H and O–H groups in total. The van der Waals surface area contributed by atoms with Crippen LogP contribution in [0.25, 0.3) is 10.8 Å². The van der Waals surface area contributed by atoms with Crippen molar-refractivity contribution in [3.8, 4) is 0 Å². The predicted molar refractivity (Wildman–Crippen MR) is 147 cm³/mol. The molecule has 1 amide bonds. The number of allylic oxidation sites excluding steroid dienone is 4. The highest BCUT2D eigenvalue weighted by Crippen LogP contribution is 2.27. The minimum absolute atomic E-state index is 0.295. The Morgan fingerprint density at radius 1 is 1.09 bits per heavy atom. The Labute approximate surface area is 210 Å². The van der Waals surface area contributed by atoms with Gasteiger partial charge in [-0.3, -0.25) is 5.32 Å². The highest BCUT2D eigenvalue weighted by molar-refractivity contribution is 6.00. The highest BCUT2D eigenvalue weighted by Gasteiger charge is 2.26. The smallest absolute Gasteiger partial charge is 0.412 e. The lowest BCUT2D eigenvalue weighted by molar-refractivity contribution is 0.0471. The molecule has 0 bridgehead atoms. The van der Waals surface area contributed by atoms with E-state index < -0.39 is 17.8 Å². The third kappa shape index (κ3) is 8.40. The Morgan fingerprint density at radius 3 is 2.60 bits per heavy atom. The molecule has 1 aliphatic rings. The summed E-state index contributed by atoms with van der Waals surface area (Å²) in [6, 6.07) is 13.7. The molecule has 3 rings (SSSR count). The molecule has 4 heteroatoms. The summed E-state index contributed by atoms with van der Waals surface area (Å²) in [5, 5.41) is 16.1. The van der Waals surface area contributed by atoms with Crippen LogP contribution in [0.3, 0.4) is 0 Å². The van der Waals surface area contributed by atoms with E-state index in [1.165, 1.54) is 5.57 Å². The molecule has 2 aromatic rings. The van der Waals surface area contributed by atoms with Crippen molar-refractivity contribution in [2.24, 2.45) is 11.8 Å². The van der Waals surface area contributed by atoms with Crippen LogP contribution in [0.2, 0.25) is 0 Å². The van der Waals surface area contributed by atoms with E-state index in [-0.39, 0.29) is 0 Å². The number of carbonyl (C=O) groups excluding carboxylic acids is 1. The Hall–Kier alpha value is -2.85. The minimum Gasteiger partial charge on any atom is -0.442 e. The van der Waals surface area contributed by atoms with Gasteiger partial charge in [-0.25, -0.2) is 4.79 Å². The standard InChI is InChI=1S/C31H41NO3/c1-22(2)25-17-16-23(3)10-8-11-24(4)20-27(21-31(5,34)19-18-25)35-30(33)32-29-15-9-13-26-12-6-7-14-28(26)29/h6-7,9-10,12-15,18-20,22,25,27,34H,8,11,16-17,21H2,1-5H3,(H,32,33)/b19-18+,23-10+,24-20+/t25-,27+,31-/m1/s1. The molecule has 2 aromatic carbocycles. The van der Waals surface area contributed by atoms with Crippen molar-refractivity contribution in [3.05, 3.63) is 77.9 Å². The lowest BCUT2D eigenvalue weighted by atomic mass is 9.86. The van der Waals surface area contributed by atoms with E-state index in [0.717, 1.165) is 42.0 Å². The second-order valence-corrected chi connectivity index (χ2v) is 10.6. The maximum atomic E-state index is 12.9. The van der Waals surface area contributed by atoms with Crippen LogP contribution in [0.5, 0.6) is 0 Å². The molecule has 3 atom stereocenters. The van der Waals surface area contributed by atoms with Gasteiger partial charge in [0.2, 0.25) is 0 Å². The van der Waals surface area contributed by atoms with Gasteiger partial charge in [0.05, 0.1) is 11.3 Å². The SMILES string of the molecule is C/C1=C\[C@H](OC(=O)Nc2cccc3ccccc23)C[C@](C)(O)/C=C/[C@H](C(C)C)CC/C(C)=C/CC1. The Balaban J connectivity index is 1.82. The van der Waals surface area contributed by atoms with Crippen molar-refractivity contribution in [3.63, 3.8) is 0 Å². The molecule has 0 unspecified atom stereocenters. The Morgan fingerprint density at radius 2 is 1.83 bits per heavy atom. The third-order valence-electron chi connectivity index (χ3n) is 6.83. The van der Waals surface area contributed by atoms with Gasteiger partial charge in [-0.15, -0.1) is 0 Å². The van der Waals surface area contributed by atoms with Gasteiger partial charge in [0.15, 0.2) is 0 Å². The van der Waals surface area contributed by atoms with Crippen LogP contribution >= 0.6 is 0 Å². The highest BCUT2D eigenvalue weighted by atomic mass is 16.6.